The van der Waals surface area contributed by atoms with E-state index in [0.717, 1.165) is 11.1 Å². The maximum Gasteiger partial charge on any atom is 0.255 e. The summed E-state index contributed by atoms with van der Waals surface area (Å²) in [5.74, 6) is 1.75. The molecule has 0 unspecified atom stereocenters. The van der Waals surface area contributed by atoms with E-state index in [1.54, 1.807) is 93.9 Å². The zero-order valence-electron chi connectivity index (χ0n) is 40.9. The number of aryl methyl sites for hydroxylation is 2. The Labute approximate surface area is 419 Å². The molecule has 4 heterocycles. The monoisotopic (exact) mass is 984 g/mol. The number of pyridine rings is 2. The summed E-state index contributed by atoms with van der Waals surface area (Å²) >= 11 is 0. The normalized spacial score (nSPS) is 10.7. The quantitative estimate of drug-likeness (QED) is 0.0868. The molecule has 0 aliphatic rings. The molecule has 0 aliphatic carbocycles. The van der Waals surface area contributed by atoms with Gasteiger partial charge < -0.3 is 43.7 Å². The number of hydrogen-bond donors (Lipinski definition) is 2. The summed E-state index contributed by atoms with van der Waals surface area (Å²) in [5.41, 5.74) is 5.76. The Kier molecular flexibility index (Phi) is 16.9. The van der Waals surface area contributed by atoms with Gasteiger partial charge in [-0.15, -0.1) is 0 Å². The molecule has 0 atom stereocenters. The number of aromatic nitrogens is 6. The highest BCUT2D eigenvalue weighted by Gasteiger charge is 2.17. The molecular formula is C53H49FN12O7. The van der Waals surface area contributed by atoms with E-state index in [-0.39, 0.29) is 5.91 Å². The van der Waals surface area contributed by atoms with E-state index in [4.69, 9.17) is 23.3 Å². The van der Waals surface area contributed by atoms with Gasteiger partial charge in [0.25, 0.3) is 11.8 Å². The summed E-state index contributed by atoms with van der Waals surface area (Å²) in [6.07, 6.45) is 3.02. The van der Waals surface area contributed by atoms with Crippen LogP contribution in [0.5, 0.6) is 17.2 Å². The number of amides is 2. The summed E-state index contributed by atoms with van der Waals surface area (Å²) in [7, 11) is 9.27. The lowest BCUT2D eigenvalue weighted by molar-refractivity contribution is 0.101. The number of methoxy groups -OCH3 is 1. The van der Waals surface area contributed by atoms with Crippen LogP contribution in [-0.4, -0.2) is 113 Å². The van der Waals surface area contributed by atoms with Crippen LogP contribution in [0, 0.1) is 42.3 Å². The lowest BCUT2D eigenvalue weighted by Gasteiger charge is -2.13. The van der Waals surface area contributed by atoms with Crippen LogP contribution in [0.25, 0.3) is 45.3 Å². The molecule has 370 valence electrons. The molecule has 2 amide bonds. The Morgan fingerprint density at radius 3 is 1.48 bits per heavy atom. The second kappa shape index (κ2) is 24.0. The summed E-state index contributed by atoms with van der Waals surface area (Å²) < 4.78 is 41.7. The number of nitriles is 2. The number of anilines is 2. The van der Waals surface area contributed by atoms with Crippen LogP contribution in [0.3, 0.4) is 0 Å². The summed E-state index contributed by atoms with van der Waals surface area (Å²) in [6.45, 7) is 5.52. The standard InChI is InChI=1S/C27H26N6O4.C26H23FN6O3/c1-17-30-26(32-37-17)18-7-9-22(25(13-18)35-4)23-10-8-21(16-29-23)31-27(34)19-5-6-20(15-28)24(14-19)36-12-11-33(2)3;1-16-30-25(32-36-16)17-6-8-21(22(27)12-17)23-9-7-20(15-29-23)31-26(34)18-4-5-19(14-28)24(13-18)35-11-10-33(2)3/h5-10,13-14,16H,11-12H2,1-4H3,(H,31,34);4-9,12-13,15H,10-11H2,1-3H3,(H,31,34). The molecule has 0 saturated heterocycles. The predicted molar refractivity (Wildman–Crippen MR) is 268 cm³/mol. The lowest BCUT2D eigenvalue weighted by Crippen LogP contribution is -2.20. The van der Waals surface area contributed by atoms with E-state index >= 15 is 0 Å². The minimum atomic E-state index is -0.487. The minimum Gasteiger partial charge on any atom is -0.496 e. The topological polar surface area (TPSA) is 244 Å². The zero-order chi connectivity index (χ0) is 52.0. The molecule has 0 fully saturated rings. The first-order chi connectivity index (χ1) is 35.2. The van der Waals surface area contributed by atoms with Crippen LogP contribution in [0.1, 0.15) is 43.6 Å². The third-order valence-corrected chi connectivity index (χ3v) is 10.7. The average molecular weight is 985 g/mol. The van der Waals surface area contributed by atoms with E-state index in [1.165, 1.54) is 18.3 Å². The maximum atomic E-state index is 14.8. The smallest absolute Gasteiger partial charge is 0.255 e. The fourth-order valence-corrected chi connectivity index (χ4v) is 6.82. The van der Waals surface area contributed by atoms with Gasteiger partial charge in [0.2, 0.25) is 23.4 Å². The Balaban J connectivity index is 0.000000214. The number of halogens is 1. The Hall–Kier alpha value is -9.37. The number of ether oxygens (including phenoxy) is 3. The van der Waals surface area contributed by atoms with E-state index in [1.807, 2.05) is 56.2 Å². The molecule has 4 aromatic heterocycles. The van der Waals surface area contributed by atoms with E-state index in [9.17, 15) is 24.5 Å². The molecule has 8 aromatic rings. The number of nitrogens with one attached hydrogen (secondary N) is 2. The van der Waals surface area contributed by atoms with Gasteiger partial charge in [0.1, 0.15) is 48.4 Å². The molecule has 0 saturated carbocycles. The first-order valence-corrected chi connectivity index (χ1v) is 22.5. The van der Waals surface area contributed by atoms with Crippen molar-refractivity contribution in [3.63, 3.8) is 0 Å². The first-order valence-electron chi connectivity index (χ1n) is 22.5. The van der Waals surface area contributed by atoms with Crippen LogP contribution in [0.4, 0.5) is 15.8 Å². The van der Waals surface area contributed by atoms with Gasteiger partial charge in [-0.1, -0.05) is 22.4 Å². The molecule has 4 aromatic carbocycles. The number of nitrogens with zero attached hydrogens (tertiary/aromatic N) is 10. The molecule has 73 heavy (non-hydrogen) atoms. The van der Waals surface area contributed by atoms with Crippen molar-refractivity contribution in [1.29, 1.82) is 10.5 Å². The average Bonchev–Trinajstić information content (AvgIpc) is 4.04. The molecule has 20 heteroatoms. The van der Waals surface area contributed by atoms with Crippen LogP contribution in [-0.2, 0) is 0 Å². The van der Waals surface area contributed by atoms with Gasteiger partial charge in [0, 0.05) is 60.3 Å². The van der Waals surface area contributed by atoms with Crippen LogP contribution >= 0.6 is 0 Å². The van der Waals surface area contributed by atoms with Gasteiger partial charge in [-0.3, -0.25) is 19.6 Å². The van der Waals surface area contributed by atoms with Gasteiger partial charge in [0.05, 0.1) is 53.4 Å². The van der Waals surface area contributed by atoms with Crippen molar-refractivity contribution in [3.8, 4) is 74.7 Å². The molecule has 0 aliphatic heterocycles. The third kappa shape index (κ3) is 13.5. The van der Waals surface area contributed by atoms with Crippen molar-refractivity contribution in [2.24, 2.45) is 0 Å². The van der Waals surface area contributed by atoms with E-state index in [0.29, 0.717) is 123 Å². The van der Waals surface area contributed by atoms with Crippen molar-refractivity contribution in [2.75, 3.05) is 72.2 Å². The Bertz CT molecular complexity index is 3310. The molecule has 0 spiro atoms. The molecule has 0 radical (unpaired) electrons. The zero-order valence-corrected chi connectivity index (χ0v) is 40.9. The number of rotatable bonds is 17. The molecule has 19 nitrogen and oxygen atoms in total. The number of hydrogen-bond acceptors (Lipinski definition) is 17. The van der Waals surface area contributed by atoms with Crippen molar-refractivity contribution < 1.29 is 37.2 Å². The first kappa shape index (κ1) is 51.5. The van der Waals surface area contributed by atoms with Crippen molar-refractivity contribution >= 4 is 23.2 Å². The molecule has 0 bridgehead atoms. The highest BCUT2D eigenvalue weighted by molar-refractivity contribution is 6.05. The largest absolute Gasteiger partial charge is 0.496 e. The van der Waals surface area contributed by atoms with Gasteiger partial charge in [-0.05, 0) is 113 Å². The van der Waals surface area contributed by atoms with Gasteiger partial charge in [-0.2, -0.15) is 20.5 Å². The Morgan fingerprint density at radius 2 is 1.08 bits per heavy atom. The van der Waals surface area contributed by atoms with Crippen LogP contribution in [0.2, 0.25) is 0 Å². The van der Waals surface area contributed by atoms with Gasteiger partial charge in [0.15, 0.2) is 0 Å². The third-order valence-electron chi connectivity index (χ3n) is 10.7. The van der Waals surface area contributed by atoms with Crippen molar-refractivity contribution in [3.05, 3.63) is 149 Å². The molecular weight excluding hydrogens is 936 g/mol. The van der Waals surface area contributed by atoms with Crippen LogP contribution < -0.4 is 24.8 Å². The highest BCUT2D eigenvalue weighted by atomic mass is 19.1. The SMILES string of the molecule is COc1cc(-c2noc(C)n2)ccc1-c1ccc(NC(=O)c2ccc(C#N)c(OCCN(C)C)c2)cn1.Cc1nc(-c2ccc(-c3ccc(NC(=O)c4ccc(C#N)c(OCCN(C)C)c4)cn3)c(F)c2)no1. The Morgan fingerprint density at radius 1 is 0.616 bits per heavy atom. The highest BCUT2D eigenvalue weighted by Crippen LogP contribution is 2.33. The molecule has 2 N–H and O–H groups in total. The van der Waals surface area contributed by atoms with Crippen molar-refractivity contribution in [2.45, 2.75) is 13.8 Å². The lowest BCUT2D eigenvalue weighted by atomic mass is 10.1. The number of carbonyl (C=O) groups is 2. The van der Waals surface area contributed by atoms with E-state index < -0.39 is 11.7 Å². The maximum absolute atomic E-state index is 14.8. The van der Waals surface area contributed by atoms with Gasteiger partial charge >= 0.3 is 0 Å². The van der Waals surface area contributed by atoms with Gasteiger partial charge in [-0.25, -0.2) is 4.39 Å². The van der Waals surface area contributed by atoms with E-state index in [2.05, 4.69) is 53.0 Å². The fraction of sp³-hybridized carbons (Fsp3) is 0.208. The summed E-state index contributed by atoms with van der Waals surface area (Å²) in [6, 6.07) is 30.5. The number of carbonyl (C=O) groups excluding carboxylic acids is 2. The predicted octanol–water partition coefficient (Wildman–Crippen LogP) is 8.49. The van der Waals surface area contributed by atoms with Crippen molar-refractivity contribution in [1.82, 2.24) is 40.0 Å². The second-order valence-electron chi connectivity index (χ2n) is 16.6. The second-order valence-corrected chi connectivity index (χ2v) is 16.6. The number of benzene rings is 4. The summed E-state index contributed by atoms with van der Waals surface area (Å²) in [5, 5.41) is 32.0. The summed E-state index contributed by atoms with van der Waals surface area (Å²) in [4.78, 5) is 46.7. The fourth-order valence-electron chi connectivity index (χ4n) is 6.82. The minimum absolute atomic E-state index is 0.295. The number of likely N-dealkylation sites (N-methyl/N-ethyl adjacent to an activating group) is 2. The van der Waals surface area contributed by atoms with Crippen LogP contribution in [0.15, 0.2) is 119 Å². The molecule has 8 rings (SSSR count).